The molecule has 0 unspecified atom stereocenters. The number of aromatic amines is 1. The van der Waals surface area contributed by atoms with Crippen LogP contribution in [0, 0.1) is 4.77 Å². The first-order chi connectivity index (χ1) is 9.81. The Balaban J connectivity index is 1.99. The van der Waals surface area contributed by atoms with E-state index < -0.39 is 0 Å². The summed E-state index contributed by atoms with van der Waals surface area (Å²) in [5.74, 6) is 0.876. The normalized spacial score (nSPS) is 14.4. The molecule has 0 spiro atoms. The van der Waals surface area contributed by atoms with Crippen molar-refractivity contribution in [3.05, 3.63) is 35.1 Å². The van der Waals surface area contributed by atoms with Crippen LogP contribution >= 0.6 is 12.2 Å². The molecular formula is C14H18N4OS. The lowest BCUT2D eigenvalue weighted by Crippen LogP contribution is -2.31. The highest BCUT2D eigenvalue weighted by molar-refractivity contribution is 7.71. The van der Waals surface area contributed by atoms with Gasteiger partial charge in [-0.3, -0.25) is 4.57 Å². The third-order valence-electron chi connectivity index (χ3n) is 3.45. The van der Waals surface area contributed by atoms with E-state index in [1.807, 2.05) is 34.9 Å². The first kappa shape index (κ1) is 13.3. The number of methoxy groups -OCH3 is 1. The largest absolute Gasteiger partial charge is 0.383 e. The first-order valence-corrected chi connectivity index (χ1v) is 7.20. The predicted octanol–water partition coefficient (Wildman–Crippen LogP) is 2.55. The molecule has 20 heavy (non-hydrogen) atoms. The Bertz CT molecular complexity index is 618. The van der Waals surface area contributed by atoms with Crippen LogP contribution in [0.3, 0.4) is 0 Å². The third-order valence-corrected chi connectivity index (χ3v) is 3.72. The summed E-state index contributed by atoms with van der Waals surface area (Å²) in [5.41, 5.74) is 1.03. The SMILES string of the molecule is COCCN(c1n[nH]c(=S)n1-c1ccccc1)C1CC1. The molecule has 1 heterocycles. The first-order valence-electron chi connectivity index (χ1n) is 6.79. The second-order valence-corrected chi connectivity index (χ2v) is 5.30. The fourth-order valence-electron chi connectivity index (χ4n) is 2.31. The standard InChI is InChI=1S/C14H18N4OS/c1-19-10-9-17(11-7-8-11)13-15-16-14(20)18(13)12-5-3-2-4-6-12/h2-6,11H,7-10H2,1H3,(H,16,20). The average Bonchev–Trinajstić information content (AvgIpc) is 3.24. The lowest BCUT2D eigenvalue weighted by atomic mass is 10.3. The lowest BCUT2D eigenvalue weighted by Gasteiger charge is -2.23. The van der Waals surface area contributed by atoms with Crippen LogP contribution in [0.5, 0.6) is 0 Å². The molecule has 0 bridgehead atoms. The van der Waals surface area contributed by atoms with Crippen LogP contribution in [0.25, 0.3) is 5.69 Å². The molecule has 106 valence electrons. The Labute approximate surface area is 123 Å². The van der Waals surface area contributed by atoms with E-state index in [9.17, 15) is 0 Å². The summed E-state index contributed by atoms with van der Waals surface area (Å²) in [5, 5.41) is 7.33. The van der Waals surface area contributed by atoms with Gasteiger partial charge in [0.15, 0.2) is 0 Å². The summed E-state index contributed by atoms with van der Waals surface area (Å²) in [6.07, 6.45) is 2.41. The van der Waals surface area contributed by atoms with Gasteiger partial charge in [0.05, 0.1) is 12.3 Å². The molecule has 0 aliphatic heterocycles. The van der Waals surface area contributed by atoms with Crippen molar-refractivity contribution in [2.75, 3.05) is 25.2 Å². The molecule has 1 aliphatic rings. The third kappa shape index (κ3) is 2.62. The summed E-state index contributed by atoms with van der Waals surface area (Å²) < 4.78 is 7.82. The summed E-state index contributed by atoms with van der Waals surface area (Å²) >= 11 is 5.38. The summed E-state index contributed by atoms with van der Waals surface area (Å²) in [6, 6.07) is 10.6. The van der Waals surface area contributed by atoms with E-state index in [0.717, 1.165) is 18.2 Å². The number of aromatic nitrogens is 3. The van der Waals surface area contributed by atoms with Crippen molar-refractivity contribution in [1.82, 2.24) is 14.8 Å². The number of hydrogen-bond donors (Lipinski definition) is 1. The molecule has 5 nitrogen and oxygen atoms in total. The molecule has 1 aliphatic carbocycles. The van der Waals surface area contributed by atoms with Gasteiger partial charge in [0.25, 0.3) is 0 Å². The van der Waals surface area contributed by atoms with E-state index in [2.05, 4.69) is 15.1 Å². The van der Waals surface area contributed by atoms with Crippen molar-refractivity contribution in [3.8, 4) is 5.69 Å². The lowest BCUT2D eigenvalue weighted by molar-refractivity contribution is 0.204. The number of anilines is 1. The van der Waals surface area contributed by atoms with E-state index in [1.54, 1.807) is 7.11 Å². The highest BCUT2D eigenvalue weighted by atomic mass is 32.1. The Morgan fingerprint density at radius 2 is 2.15 bits per heavy atom. The molecule has 3 rings (SSSR count). The highest BCUT2D eigenvalue weighted by Crippen LogP contribution is 2.31. The van der Waals surface area contributed by atoms with E-state index >= 15 is 0 Å². The minimum Gasteiger partial charge on any atom is -0.383 e. The average molecular weight is 290 g/mol. The predicted molar refractivity (Wildman–Crippen MR) is 81.0 cm³/mol. The van der Waals surface area contributed by atoms with Gasteiger partial charge in [-0.25, -0.2) is 5.10 Å². The van der Waals surface area contributed by atoms with Crippen molar-refractivity contribution in [3.63, 3.8) is 0 Å². The van der Waals surface area contributed by atoms with Crippen molar-refractivity contribution < 1.29 is 4.74 Å². The number of ether oxygens (including phenoxy) is 1. The maximum Gasteiger partial charge on any atom is 0.230 e. The molecule has 1 N–H and O–H groups in total. The topological polar surface area (TPSA) is 46.1 Å². The number of para-hydroxylation sites is 1. The van der Waals surface area contributed by atoms with Gasteiger partial charge >= 0.3 is 0 Å². The van der Waals surface area contributed by atoms with Crippen molar-refractivity contribution >= 4 is 18.2 Å². The van der Waals surface area contributed by atoms with Crippen molar-refractivity contribution in [1.29, 1.82) is 0 Å². The van der Waals surface area contributed by atoms with Crippen LogP contribution in [-0.4, -0.2) is 41.1 Å². The van der Waals surface area contributed by atoms with Gasteiger partial charge in [-0.05, 0) is 37.2 Å². The van der Waals surface area contributed by atoms with E-state index in [0.29, 0.717) is 17.4 Å². The second kappa shape index (κ2) is 5.76. The molecule has 0 amide bonds. The maximum atomic E-state index is 5.38. The zero-order valence-corrected chi connectivity index (χ0v) is 12.3. The Kier molecular flexibility index (Phi) is 3.84. The number of benzene rings is 1. The van der Waals surface area contributed by atoms with Crippen molar-refractivity contribution in [2.24, 2.45) is 0 Å². The Morgan fingerprint density at radius 1 is 1.40 bits per heavy atom. The quantitative estimate of drug-likeness (QED) is 0.831. The number of rotatable bonds is 6. The molecule has 1 saturated carbocycles. The minimum atomic E-state index is 0.554. The molecule has 1 aromatic carbocycles. The van der Waals surface area contributed by atoms with Gasteiger partial charge < -0.3 is 9.64 Å². The van der Waals surface area contributed by atoms with Crippen molar-refractivity contribution in [2.45, 2.75) is 18.9 Å². The van der Waals surface area contributed by atoms with E-state index in [4.69, 9.17) is 17.0 Å². The molecule has 1 aromatic heterocycles. The number of nitrogens with zero attached hydrogens (tertiary/aromatic N) is 3. The number of hydrogen-bond acceptors (Lipinski definition) is 4. The van der Waals surface area contributed by atoms with Gasteiger partial charge in [-0.1, -0.05) is 18.2 Å². The molecule has 0 atom stereocenters. The molecular weight excluding hydrogens is 272 g/mol. The minimum absolute atomic E-state index is 0.554. The smallest absolute Gasteiger partial charge is 0.230 e. The van der Waals surface area contributed by atoms with Crippen LogP contribution in [0.2, 0.25) is 0 Å². The van der Waals surface area contributed by atoms with Crippen LogP contribution in [-0.2, 0) is 4.74 Å². The van der Waals surface area contributed by atoms with Gasteiger partial charge in [0.1, 0.15) is 0 Å². The molecule has 0 radical (unpaired) electrons. The van der Waals surface area contributed by atoms with E-state index in [1.165, 1.54) is 12.8 Å². The zero-order valence-electron chi connectivity index (χ0n) is 11.5. The molecule has 0 saturated heterocycles. The van der Waals surface area contributed by atoms with Gasteiger partial charge in [0, 0.05) is 19.7 Å². The van der Waals surface area contributed by atoms with Gasteiger partial charge in [0.2, 0.25) is 10.7 Å². The number of nitrogens with one attached hydrogen (secondary N) is 1. The van der Waals surface area contributed by atoms with Crippen LogP contribution in [0.4, 0.5) is 5.95 Å². The molecule has 2 aromatic rings. The maximum absolute atomic E-state index is 5.38. The Hall–Kier alpha value is -1.66. The zero-order chi connectivity index (χ0) is 13.9. The van der Waals surface area contributed by atoms with Gasteiger partial charge in [-0.15, -0.1) is 5.10 Å². The van der Waals surface area contributed by atoms with Gasteiger partial charge in [-0.2, -0.15) is 0 Å². The second-order valence-electron chi connectivity index (χ2n) is 4.92. The van der Waals surface area contributed by atoms with Crippen LogP contribution in [0.15, 0.2) is 30.3 Å². The molecule has 6 heteroatoms. The molecule has 1 fully saturated rings. The van der Waals surface area contributed by atoms with Crippen LogP contribution < -0.4 is 4.90 Å². The Morgan fingerprint density at radius 3 is 2.80 bits per heavy atom. The monoisotopic (exact) mass is 290 g/mol. The number of H-pyrrole nitrogens is 1. The van der Waals surface area contributed by atoms with Crippen LogP contribution in [0.1, 0.15) is 12.8 Å². The van der Waals surface area contributed by atoms with E-state index in [-0.39, 0.29) is 0 Å². The fourth-order valence-corrected chi connectivity index (χ4v) is 2.55. The summed E-state index contributed by atoms with van der Waals surface area (Å²) in [4.78, 5) is 2.28. The summed E-state index contributed by atoms with van der Waals surface area (Å²) in [7, 11) is 1.72. The summed E-state index contributed by atoms with van der Waals surface area (Å²) in [6.45, 7) is 1.51. The highest BCUT2D eigenvalue weighted by Gasteiger charge is 2.32. The fraction of sp³-hybridized carbons (Fsp3) is 0.429.